The van der Waals surface area contributed by atoms with Gasteiger partial charge < -0.3 is 0 Å². The van der Waals surface area contributed by atoms with Gasteiger partial charge in [-0.3, -0.25) is 0 Å². The van der Waals surface area contributed by atoms with Crippen LogP contribution in [0.15, 0.2) is 23.2 Å². The smallest absolute Gasteiger partial charge is 0.153 e. The van der Waals surface area contributed by atoms with Crippen molar-refractivity contribution in [1.29, 1.82) is 5.26 Å². The van der Waals surface area contributed by atoms with Gasteiger partial charge in [0.1, 0.15) is 6.07 Å². The zero-order valence-electron chi connectivity index (χ0n) is 6.33. The Kier molecular flexibility index (Phi) is 3.92. The molecule has 0 saturated carbocycles. The molecule has 0 aliphatic carbocycles. The Morgan fingerprint density at radius 2 is 2.50 bits per heavy atom. The second-order valence-electron chi connectivity index (χ2n) is 2.00. The third-order valence-electron chi connectivity index (χ3n) is 1.21. The van der Waals surface area contributed by atoms with E-state index in [1.54, 1.807) is 18.0 Å². The molecular weight excluding hydrogens is 192 g/mol. The predicted molar refractivity (Wildman–Crippen MR) is 50.4 cm³/mol. The topological polar surface area (TPSA) is 36.7 Å². The highest BCUT2D eigenvalue weighted by Gasteiger charge is 2.00. The number of thioether (sulfide) groups is 1. The molecule has 0 fully saturated rings. The van der Waals surface area contributed by atoms with E-state index in [1.807, 2.05) is 18.2 Å². The van der Waals surface area contributed by atoms with Crippen molar-refractivity contribution >= 4 is 23.4 Å². The molecule has 62 valence electrons. The Labute approximate surface area is 80.6 Å². The van der Waals surface area contributed by atoms with Gasteiger partial charge in [0.2, 0.25) is 0 Å². The van der Waals surface area contributed by atoms with Crippen molar-refractivity contribution in [3.63, 3.8) is 0 Å². The van der Waals surface area contributed by atoms with Gasteiger partial charge in [-0.2, -0.15) is 5.26 Å². The summed E-state index contributed by atoms with van der Waals surface area (Å²) in [6.45, 7) is 0. The number of alkyl halides is 1. The zero-order valence-corrected chi connectivity index (χ0v) is 7.90. The SMILES string of the molecule is N#Cc1ncccc1SCCCl. The fraction of sp³-hybridized carbons (Fsp3) is 0.250. The standard InChI is InChI=1S/C8H7ClN2S/c9-3-5-12-8-2-1-4-11-7(8)6-10/h1-2,4H,3,5H2. The van der Waals surface area contributed by atoms with Gasteiger partial charge in [-0.05, 0) is 12.1 Å². The van der Waals surface area contributed by atoms with E-state index in [0.29, 0.717) is 11.6 Å². The Morgan fingerprint density at radius 1 is 1.67 bits per heavy atom. The van der Waals surface area contributed by atoms with Crippen molar-refractivity contribution in [3.05, 3.63) is 24.0 Å². The number of hydrogen-bond acceptors (Lipinski definition) is 3. The molecule has 4 heteroatoms. The molecule has 0 aromatic carbocycles. The predicted octanol–water partition coefficient (Wildman–Crippen LogP) is 2.28. The third kappa shape index (κ3) is 2.40. The molecule has 0 atom stereocenters. The lowest BCUT2D eigenvalue weighted by atomic mass is 10.4. The van der Waals surface area contributed by atoms with E-state index in [-0.39, 0.29) is 0 Å². The van der Waals surface area contributed by atoms with Crippen LogP contribution in [0.2, 0.25) is 0 Å². The van der Waals surface area contributed by atoms with Crippen molar-refractivity contribution in [1.82, 2.24) is 4.98 Å². The van der Waals surface area contributed by atoms with E-state index in [9.17, 15) is 0 Å². The maximum Gasteiger partial charge on any atom is 0.153 e. The molecule has 0 aliphatic heterocycles. The van der Waals surface area contributed by atoms with E-state index in [1.165, 1.54) is 0 Å². The van der Waals surface area contributed by atoms with Gasteiger partial charge in [0.15, 0.2) is 5.69 Å². The Hall–Kier alpha value is -0.720. The first-order chi connectivity index (χ1) is 5.88. The molecule has 2 nitrogen and oxygen atoms in total. The third-order valence-corrected chi connectivity index (χ3v) is 2.67. The van der Waals surface area contributed by atoms with Crippen LogP contribution in [0.3, 0.4) is 0 Å². The van der Waals surface area contributed by atoms with Crippen molar-refractivity contribution in [3.8, 4) is 6.07 Å². The summed E-state index contributed by atoms with van der Waals surface area (Å²) in [4.78, 5) is 4.83. The molecule has 0 bridgehead atoms. The molecule has 0 amide bonds. The van der Waals surface area contributed by atoms with E-state index < -0.39 is 0 Å². The Balaban J connectivity index is 2.77. The van der Waals surface area contributed by atoms with Crippen molar-refractivity contribution in [2.24, 2.45) is 0 Å². The van der Waals surface area contributed by atoms with Gasteiger partial charge in [-0.25, -0.2) is 4.98 Å². The lowest BCUT2D eigenvalue weighted by Crippen LogP contribution is -1.87. The van der Waals surface area contributed by atoms with E-state index in [4.69, 9.17) is 16.9 Å². The number of halogens is 1. The number of pyridine rings is 1. The molecule has 1 aromatic heterocycles. The summed E-state index contributed by atoms with van der Waals surface area (Å²) in [5, 5.41) is 8.66. The first-order valence-corrected chi connectivity index (χ1v) is 4.94. The average molecular weight is 199 g/mol. The number of nitriles is 1. The fourth-order valence-electron chi connectivity index (χ4n) is 0.740. The second-order valence-corrected chi connectivity index (χ2v) is 3.51. The Bertz CT molecular complexity index is 295. The summed E-state index contributed by atoms with van der Waals surface area (Å²) >= 11 is 7.08. The van der Waals surface area contributed by atoms with Crippen LogP contribution >= 0.6 is 23.4 Å². The van der Waals surface area contributed by atoms with Crippen molar-refractivity contribution in [2.75, 3.05) is 11.6 Å². The Morgan fingerprint density at radius 3 is 3.17 bits per heavy atom. The number of hydrogen-bond donors (Lipinski definition) is 0. The van der Waals surface area contributed by atoms with Gasteiger partial charge in [-0.1, -0.05) is 0 Å². The summed E-state index contributed by atoms with van der Waals surface area (Å²) in [6.07, 6.45) is 1.61. The number of aromatic nitrogens is 1. The summed E-state index contributed by atoms with van der Waals surface area (Å²) in [6, 6.07) is 5.72. The van der Waals surface area contributed by atoms with E-state index in [2.05, 4.69) is 4.98 Å². The van der Waals surface area contributed by atoms with Crippen molar-refractivity contribution in [2.45, 2.75) is 4.90 Å². The quantitative estimate of drug-likeness (QED) is 0.553. The molecule has 12 heavy (non-hydrogen) atoms. The summed E-state index contributed by atoms with van der Waals surface area (Å²) in [7, 11) is 0. The second kappa shape index (κ2) is 5.02. The van der Waals surface area contributed by atoms with Crippen LogP contribution in [-0.4, -0.2) is 16.6 Å². The van der Waals surface area contributed by atoms with Crippen LogP contribution in [-0.2, 0) is 0 Å². The minimum atomic E-state index is 0.479. The van der Waals surface area contributed by atoms with E-state index in [0.717, 1.165) is 10.6 Å². The molecule has 1 heterocycles. The van der Waals surface area contributed by atoms with Gasteiger partial charge in [0.05, 0.1) is 0 Å². The molecule has 0 saturated heterocycles. The maximum atomic E-state index is 8.66. The normalized spacial score (nSPS) is 9.33. The summed E-state index contributed by atoms with van der Waals surface area (Å²) in [5.74, 6) is 1.40. The van der Waals surface area contributed by atoms with Gasteiger partial charge >= 0.3 is 0 Å². The van der Waals surface area contributed by atoms with Gasteiger partial charge in [0.25, 0.3) is 0 Å². The minimum Gasteiger partial charge on any atom is -0.244 e. The highest BCUT2D eigenvalue weighted by molar-refractivity contribution is 7.99. The monoisotopic (exact) mass is 198 g/mol. The van der Waals surface area contributed by atoms with Crippen LogP contribution in [0.1, 0.15) is 5.69 Å². The molecule has 0 spiro atoms. The fourth-order valence-corrected chi connectivity index (χ4v) is 1.68. The molecule has 0 radical (unpaired) electrons. The van der Waals surface area contributed by atoms with Crippen LogP contribution in [0, 0.1) is 11.3 Å². The molecule has 1 rings (SSSR count). The van der Waals surface area contributed by atoms with E-state index >= 15 is 0 Å². The first-order valence-electron chi connectivity index (χ1n) is 3.42. The molecular formula is C8H7ClN2S. The summed E-state index contributed by atoms with van der Waals surface area (Å²) < 4.78 is 0. The van der Waals surface area contributed by atoms with Crippen LogP contribution < -0.4 is 0 Å². The minimum absolute atomic E-state index is 0.479. The molecule has 0 aliphatic rings. The number of rotatable bonds is 3. The molecule has 1 aromatic rings. The van der Waals surface area contributed by atoms with Gasteiger partial charge in [-0.15, -0.1) is 23.4 Å². The van der Waals surface area contributed by atoms with Gasteiger partial charge in [0, 0.05) is 22.7 Å². The first kappa shape index (κ1) is 9.37. The average Bonchev–Trinajstić information content (AvgIpc) is 2.15. The lowest BCUT2D eigenvalue weighted by molar-refractivity contribution is 1.18. The highest BCUT2D eigenvalue weighted by Crippen LogP contribution is 2.19. The van der Waals surface area contributed by atoms with Crippen molar-refractivity contribution < 1.29 is 0 Å². The van der Waals surface area contributed by atoms with Crippen LogP contribution in [0.4, 0.5) is 0 Å². The molecule has 0 N–H and O–H groups in total. The maximum absolute atomic E-state index is 8.66. The summed E-state index contributed by atoms with van der Waals surface area (Å²) in [5.41, 5.74) is 0.479. The zero-order chi connectivity index (χ0) is 8.81. The van der Waals surface area contributed by atoms with Crippen LogP contribution in [0.25, 0.3) is 0 Å². The largest absolute Gasteiger partial charge is 0.244 e. The highest BCUT2D eigenvalue weighted by atomic mass is 35.5. The van der Waals surface area contributed by atoms with Crippen LogP contribution in [0.5, 0.6) is 0 Å². The number of nitrogens with zero attached hydrogens (tertiary/aromatic N) is 2. The lowest BCUT2D eigenvalue weighted by Gasteiger charge is -1.98. The molecule has 0 unspecified atom stereocenters.